The van der Waals surface area contributed by atoms with Crippen LogP contribution < -0.4 is 0 Å². The zero-order valence-corrected chi connectivity index (χ0v) is 11.0. The first kappa shape index (κ1) is 14.0. The first-order valence-electron chi connectivity index (χ1n) is 6.88. The Labute approximate surface area is 113 Å². The molecule has 1 aliphatic rings. The highest BCUT2D eigenvalue weighted by Gasteiger charge is 2.24. The number of carbonyl (C=O) groups is 1. The lowest BCUT2D eigenvalue weighted by atomic mass is 10.0. The molecule has 1 heterocycles. The third kappa shape index (κ3) is 4.03. The molecule has 4 heteroatoms. The predicted octanol–water partition coefficient (Wildman–Crippen LogP) is 3.22. The molecule has 0 saturated carbocycles. The van der Waals surface area contributed by atoms with Crippen LogP contribution in [0.1, 0.15) is 43.7 Å². The van der Waals surface area contributed by atoms with Crippen molar-refractivity contribution >= 4 is 5.97 Å². The van der Waals surface area contributed by atoms with E-state index < -0.39 is 5.97 Å². The Balaban J connectivity index is 2.21. The summed E-state index contributed by atoms with van der Waals surface area (Å²) in [5, 5.41) is 9.10. The number of carboxylic acid groups (broad SMARTS) is 1. The fraction of sp³-hybridized carbons (Fsp3) is 0.533. The fourth-order valence-electron chi connectivity index (χ4n) is 2.74. The van der Waals surface area contributed by atoms with Crippen molar-refractivity contribution in [3.8, 4) is 0 Å². The Morgan fingerprint density at radius 2 is 1.95 bits per heavy atom. The normalized spacial score (nSPS) is 18.8. The molecule has 0 bridgehead atoms. The molecule has 1 saturated heterocycles. The first-order valence-corrected chi connectivity index (χ1v) is 6.88. The highest BCUT2D eigenvalue weighted by atomic mass is 19.1. The van der Waals surface area contributed by atoms with Crippen molar-refractivity contribution in [2.24, 2.45) is 0 Å². The van der Waals surface area contributed by atoms with Crippen molar-refractivity contribution in [2.75, 3.05) is 13.1 Å². The van der Waals surface area contributed by atoms with Crippen LogP contribution in [0.25, 0.3) is 0 Å². The van der Waals surface area contributed by atoms with Crippen molar-refractivity contribution in [3.63, 3.8) is 0 Å². The third-order valence-electron chi connectivity index (χ3n) is 3.68. The molecule has 1 aromatic carbocycles. The molecule has 104 valence electrons. The molecule has 1 aromatic rings. The average Bonchev–Trinajstić information content (AvgIpc) is 2.64. The minimum absolute atomic E-state index is 0.0312. The fourth-order valence-corrected chi connectivity index (χ4v) is 2.74. The Bertz CT molecular complexity index is 428. The largest absolute Gasteiger partial charge is 0.481 e. The van der Waals surface area contributed by atoms with Crippen LogP contribution in [-0.2, 0) is 4.79 Å². The molecule has 3 nitrogen and oxygen atoms in total. The first-order chi connectivity index (χ1) is 9.16. The second kappa shape index (κ2) is 6.66. The van der Waals surface area contributed by atoms with Crippen LogP contribution in [-0.4, -0.2) is 29.1 Å². The van der Waals surface area contributed by atoms with Crippen molar-refractivity contribution < 1.29 is 14.3 Å². The molecule has 1 aliphatic heterocycles. The maximum atomic E-state index is 13.3. The van der Waals surface area contributed by atoms with Gasteiger partial charge in [0.2, 0.25) is 0 Å². The molecule has 19 heavy (non-hydrogen) atoms. The summed E-state index contributed by atoms with van der Waals surface area (Å²) in [5.41, 5.74) is 0.768. The summed E-state index contributed by atoms with van der Waals surface area (Å²) in [4.78, 5) is 13.3. The number of hydrogen-bond acceptors (Lipinski definition) is 2. The monoisotopic (exact) mass is 265 g/mol. The highest BCUT2D eigenvalue weighted by molar-refractivity contribution is 5.68. The highest BCUT2D eigenvalue weighted by Crippen LogP contribution is 2.27. The van der Waals surface area contributed by atoms with Gasteiger partial charge >= 0.3 is 5.97 Å². The molecular formula is C15H20FNO2. The number of aliphatic carboxylic acids is 1. The Hall–Kier alpha value is -1.42. The minimum Gasteiger partial charge on any atom is -0.481 e. The lowest BCUT2D eigenvalue weighted by Crippen LogP contribution is -2.31. The van der Waals surface area contributed by atoms with E-state index in [-0.39, 0.29) is 18.3 Å². The summed E-state index contributed by atoms with van der Waals surface area (Å²) in [6.07, 6.45) is 4.60. The minimum atomic E-state index is -0.835. The Kier molecular flexibility index (Phi) is 4.91. The Morgan fingerprint density at radius 1 is 1.26 bits per heavy atom. The van der Waals surface area contributed by atoms with Crippen LogP contribution in [0.4, 0.5) is 4.39 Å². The van der Waals surface area contributed by atoms with Gasteiger partial charge in [-0.1, -0.05) is 25.0 Å². The quantitative estimate of drug-likeness (QED) is 0.908. The van der Waals surface area contributed by atoms with Gasteiger partial charge in [0.15, 0.2) is 0 Å². The van der Waals surface area contributed by atoms with Gasteiger partial charge in [0, 0.05) is 6.04 Å². The van der Waals surface area contributed by atoms with E-state index in [4.69, 9.17) is 5.11 Å². The van der Waals surface area contributed by atoms with Gasteiger partial charge in [-0.05, 0) is 43.6 Å². The third-order valence-corrected chi connectivity index (χ3v) is 3.68. The summed E-state index contributed by atoms with van der Waals surface area (Å²) < 4.78 is 13.3. The van der Waals surface area contributed by atoms with Gasteiger partial charge in [0.25, 0.3) is 0 Å². The van der Waals surface area contributed by atoms with Crippen molar-refractivity contribution in [2.45, 2.75) is 38.1 Å². The molecule has 1 unspecified atom stereocenters. The zero-order chi connectivity index (χ0) is 13.7. The average molecular weight is 265 g/mol. The van der Waals surface area contributed by atoms with Gasteiger partial charge in [0.05, 0.1) is 6.42 Å². The van der Waals surface area contributed by atoms with Crippen LogP contribution in [0, 0.1) is 5.82 Å². The molecule has 2 rings (SSSR count). The summed E-state index contributed by atoms with van der Waals surface area (Å²) in [6.45, 7) is 1.79. The van der Waals surface area contributed by atoms with E-state index >= 15 is 0 Å². The number of hydrogen-bond donors (Lipinski definition) is 1. The Morgan fingerprint density at radius 3 is 2.53 bits per heavy atom. The number of halogens is 1. The SMILES string of the molecule is O=C(O)CC(c1cccc(F)c1)N1CCCCCC1. The van der Waals surface area contributed by atoms with E-state index in [0.717, 1.165) is 31.5 Å². The van der Waals surface area contributed by atoms with Crippen LogP contribution in [0.15, 0.2) is 24.3 Å². The van der Waals surface area contributed by atoms with Crippen molar-refractivity contribution in [3.05, 3.63) is 35.6 Å². The molecular weight excluding hydrogens is 245 g/mol. The van der Waals surface area contributed by atoms with E-state index in [1.54, 1.807) is 6.07 Å². The van der Waals surface area contributed by atoms with Gasteiger partial charge in [0.1, 0.15) is 5.82 Å². The van der Waals surface area contributed by atoms with Gasteiger partial charge in [-0.3, -0.25) is 9.69 Å². The zero-order valence-electron chi connectivity index (χ0n) is 11.0. The number of benzene rings is 1. The van der Waals surface area contributed by atoms with Gasteiger partial charge in [-0.15, -0.1) is 0 Å². The topological polar surface area (TPSA) is 40.5 Å². The maximum Gasteiger partial charge on any atom is 0.305 e. The van der Waals surface area contributed by atoms with E-state index in [0.29, 0.717) is 0 Å². The number of rotatable bonds is 4. The van der Waals surface area contributed by atoms with E-state index in [2.05, 4.69) is 4.90 Å². The second-order valence-electron chi connectivity index (χ2n) is 5.12. The van der Waals surface area contributed by atoms with Gasteiger partial charge < -0.3 is 5.11 Å². The summed E-state index contributed by atoms with van der Waals surface area (Å²) in [6, 6.07) is 6.10. The molecule has 1 atom stereocenters. The van der Waals surface area contributed by atoms with E-state index in [1.165, 1.54) is 25.0 Å². The molecule has 1 N–H and O–H groups in total. The van der Waals surface area contributed by atoms with Crippen LogP contribution in [0.5, 0.6) is 0 Å². The van der Waals surface area contributed by atoms with E-state index in [1.807, 2.05) is 6.07 Å². The second-order valence-corrected chi connectivity index (χ2v) is 5.12. The number of carboxylic acids is 1. The molecule has 0 radical (unpaired) electrons. The van der Waals surface area contributed by atoms with Crippen LogP contribution >= 0.6 is 0 Å². The molecule has 0 aromatic heterocycles. The van der Waals surface area contributed by atoms with Gasteiger partial charge in [-0.2, -0.15) is 0 Å². The predicted molar refractivity (Wildman–Crippen MR) is 71.4 cm³/mol. The maximum absolute atomic E-state index is 13.3. The van der Waals surface area contributed by atoms with Crippen molar-refractivity contribution in [1.29, 1.82) is 0 Å². The number of nitrogens with zero attached hydrogens (tertiary/aromatic N) is 1. The molecule has 0 amide bonds. The summed E-state index contributed by atoms with van der Waals surface area (Å²) in [7, 11) is 0. The lowest BCUT2D eigenvalue weighted by Gasteiger charge is -2.30. The molecule has 1 fully saturated rings. The molecule has 0 spiro atoms. The van der Waals surface area contributed by atoms with Crippen LogP contribution in [0.3, 0.4) is 0 Å². The summed E-state index contributed by atoms with van der Waals surface area (Å²) in [5.74, 6) is -1.14. The molecule has 0 aliphatic carbocycles. The van der Waals surface area contributed by atoms with Gasteiger partial charge in [-0.25, -0.2) is 4.39 Å². The number of likely N-dealkylation sites (tertiary alicyclic amines) is 1. The standard InChI is InChI=1S/C15H20FNO2/c16-13-7-5-6-12(10-13)14(11-15(18)19)17-8-3-1-2-4-9-17/h5-7,10,14H,1-4,8-9,11H2,(H,18,19). The smallest absolute Gasteiger partial charge is 0.305 e. The van der Waals surface area contributed by atoms with Crippen LogP contribution in [0.2, 0.25) is 0 Å². The lowest BCUT2D eigenvalue weighted by molar-refractivity contribution is -0.138. The summed E-state index contributed by atoms with van der Waals surface area (Å²) >= 11 is 0. The van der Waals surface area contributed by atoms with Crippen molar-refractivity contribution in [1.82, 2.24) is 4.90 Å². The van der Waals surface area contributed by atoms with E-state index in [9.17, 15) is 9.18 Å².